The van der Waals surface area contributed by atoms with Crippen molar-refractivity contribution in [2.24, 2.45) is 5.92 Å². The Labute approximate surface area is 82.4 Å². The van der Waals surface area contributed by atoms with E-state index in [1.54, 1.807) is 0 Å². The van der Waals surface area contributed by atoms with Gasteiger partial charge in [-0.05, 0) is 30.0 Å². The fourth-order valence-electron chi connectivity index (χ4n) is 1.50. The quantitative estimate of drug-likeness (QED) is 0.807. The lowest BCUT2D eigenvalue weighted by molar-refractivity contribution is 0.237. The van der Waals surface area contributed by atoms with E-state index in [9.17, 15) is 0 Å². The van der Waals surface area contributed by atoms with Crippen LogP contribution in [0.4, 0.5) is 0 Å². The third kappa shape index (κ3) is 1.77. The Hall–Kier alpha value is -1.35. The monoisotopic (exact) mass is 191 g/mol. The predicted octanol–water partition coefficient (Wildman–Crippen LogP) is 2.00. The molecule has 1 aromatic carbocycles. The molecule has 0 spiro atoms. The van der Waals surface area contributed by atoms with Crippen LogP contribution in [-0.2, 0) is 6.42 Å². The molecular weight excluding hydrogens is 178 g/mol. The van der Waals surface area contributed by atoms with E-state index in [0.717, 1.165) is 17.5 Å². The summed E-state index contributed by atoms with van der Waals surface area (Å²) in [4.78, 5) is 4.08. The number of aliphatic hydroxyl groups is 1. The van der Waals surface area contributed by atoms with Gasteiger partial charge in [0.15, 0.2) is 12.0 Å². The summed E-state index contributed by atoms with van der Waals surface area (Å²) in [6.07, 6.45) is 2.32. The first-order chi connectivity index (χ1) is 6.79. The van der Waals surface area contributed by atoms with Crippen LogP contribution in [0.2, 0.25) is 0 Å². The zero-order chi connectivity index (χ0) is 9.97. The highest BCUT2D eigenvalue weighted by atomic mass is 16.3. The lowest BCUT2D eigenvalue weighted by Crippen LogP contribution is -2.04. The molecule has 0 bridgehead atoms. The molecule has 1 aromatic heterocycles. The minimum Gasteiger partial charge on any atom is -0.443 e. The number of aliphatic hydroxyl groups excluding tert-OH is 1. The molecule has 0 unspecified atom stereocenters. The molecule has 0 amide bonds. The first-order valence-electron chi connectivity index (χ1n) is 4.72. The number of benzene rings is 1. The summed E-state index contributed by atoms with van der Waals surface area (Å²) in [6.45, 7) is 2.24. The summed E-state index contributed by atoms with van der Waals surface area (Å²) >= 11 is 0. The van der Waals surface area contributed by atoms with Crippen LogP contribution in [-0.4, -0.2) is 16.7 Å². The van der Waals surface area contributed by atoms with Crippen molar-refractivity contribution in [1.82, 2.24) is 4.98 Å². The Kier molecular flexibility index (Phi) is 2.50. The fourth-order valence-corrected chi connectivity index (χ4v) is 1.50. The Bertz CT molecular complexity index is 422. The van der Waals surface area contributed by atoms with E-state index in [1.165, 1.54) is 12.0 Å². The van der Waals surface area contributed by atoms with Gasteiger partial charge in [0.25, 0.3) is 0 Å². The van der Waals surface area contributed by atoms with Crippen LogP contribution in [0.5, 0.6) is 0 Å². The number of hydrogen-bond donors (Lipinski definition) is 1. The maximum Gasteiger partial charge on any atom is 0.181 e. The second kappa shape index (κ2) is 3.80. The summed E-state index contributed by atoms with van der Waals surface area (Å²) in [7, 11) is 0. The number of hydrogen-bond acceptors (Lipinski definition) is 3. The Balaban J connectivity index is 2.25. The number of oxazole rings is 1. The molecule has 0 aliphatic carbocycles. The van der Waals surface area contributed by atoms with Crippen molar-refractivity contribution >= 4 is 11.1 Å². The SMILES string of the molecule is C[C@H](CO)Cc1ccc2ocnc2c1. The zero-order valence-corrected chi connectivity index (χ0v) is 8.10. The molecule has 2 aromatic rings. The van der Waals surface area contributed by atoms with Crippen molar-refractivity contribution in [3.8, 4) is 0 Å². The highest BCUT2D eigenvalue weighted by Gasteiger charge is 2.04. The largest absolute Gasteiger partial charge is 0.443 e. The topological polar surface area (TPSA) is 46.3 Å². The van der Waals surface area contributed by atoms with Crippen LogP contribution in [0.15, 0.2) is 29.0 Å². The third-order valence-corrected chi connectivity index (χ3v) is 2.29. The van der Waals surface area contributed by atoms with Crippen LogP contribution in [0.3, 0.4) is 0 Å². The second-order valence-corrected chi connectivity index (χ2v) is 3.65. The summed E-state index contributed by atoms with van der Waals surface area (Å²) < 4.78 is 5.14. The summed E-state index contributed by atoms with van der Waals surface area (Å²) in [5.74, 6) is 0.291. The lowest BCUT2D eigenvalue weighted by atomic mass is 10.0. The standard InChI is InChI=1S/C11H13NO2/c1-8(6-13)4-9-2-3-11-10(5-9)12-7-14-11/h2-3,5,7-8,13H,4,6H2,1H3/t8-/m0/s1. The highest BCUT2D eigenvalue weighted by Crippen LogP contribution is 2.16. The van der Waals surface area contributed by atoms with Crippen LogP contribution in [0.25, 0.3) is 11.1 Å². The van der Waals surface area contributed by atoms with Gasteiger partial charge in [-0.15, -0.1) is 0 Å². The van der Waals surface area contributed by atoms with Gasteiger partial charge in [-0.2, -0.15) is 0 Å². The maximum absolute atomic E-state index is 8.94. The molecule has 74 valence electrons. The Morgan fingerprint density at radius 1 is 1.50 bits per heavy atom. The fraction of sp³-hybridized carbons (Fsp3) is 0.364. The van der Waals surface area contributed by atoms with Crippen LogP contribution in [0.1, 0.15) is 12.5 Å². The molecule has 3 heteroatoms. The van der Waals surface area contributed by atoms with Gasteiger partial charge in [0, 0.05) is 6.61 Å². The van der Waals surface area contributed by atoms with Gasteiger partial charge in [-0.25, -0.2) is 4.98 Å². The van der Waals surface area contributed by atoms with Crippen LogP contribution < -0.4 is 0 Å². The molecule has 1 heterocycles. The van der Waals surface area contributed by atoms with Crippen molar-refractivity contribution in [3.05, 3.63) is 30.2 Å². The number of rotatable bonds is 3. The third-order valence-electron chi connectivity index (χ3n) is 2.29. The van der Waals surface area contributed by atoms with Gasteiger partial charge >= 0.3 is 0 Å². The molecule has 0 aliphatic rings. The molecule has 0 saturated carbocycles. The van der Waals surface area contributed by atoms with Gasteiger partial charge in [-0.3, -0.25) is 0 Å². The van der Waals surface area contributed by atoms with Crippen molar-refractivity contribution < 1.29 is 9.52 Å². The molecule has 3 nitrogen and oxygen atoms in total. The maximum atomic E-state index is 8.94. The van der Waals surface area contributed by atoms with E-state index in [0.29, 0.717) is 5.92 Å². The predicted molar refractivity (Wildman–Crippen MR) is 54.0 cm³/mol. The van der Waals surface area contributed by atoms with Crippen molar-refractivity contribution in [1.29, 1.82) is 0 Å². The average molecular weight is 191 g/mol. The van der Waals surface area contributed by atoms with E-state index in [-0.39, 0.29) is 6.61 Å². The normalized spacial score (nSPS) is 13.3. The van der Waals surface area contributed by atoms with Gasteiger partial charge in [0.05, 0.1) is 0 Å². The summed E-state index contributed by atoms with van der Waals surface area (Å²) in [5, 5.41) is 8.94. The first kappa shape index (κ1) is 9.21. The molecular formula is C11H13NO2. The van der Waals surface area contributed by atoms with E-state index in [2.05, 4.69) is 4.98 Å². The summed E-state index contributed by atoms with van der Waals surface area (Å²) in [5.41, 5.74) is 2.88. The van der Waals surface area contributed by atoms with E-state index >= 15 is 0 Å². The molecule has 0 aliphatic heterocycles. The van der Waals surface area contributed by atoms with Crippen LogP contribution >= 0.6 is 0 Å². The molecule has 0 fully saturated rings. The van der Waals surface area contributed by atoms with E-state index < -0.39 is 0 Å². The Morgan fingerprint density at radius 3 is 3.14 bits per heavy atom. The zero-order valence-electron chi connectivity index (χ0n) is 8.10. The van der Waals surface area contributed by atoms with E-state index in [4.69, 9.17) is 9.52 Å². The van der Waals surface area contributed by atoms with Crippen molar-refractivity contribution in [3.63, 3.8) is 0 Å². The molecule has 0 radical (unpaired) electrons. The van der Waals surface area contributed by atoms with Gasteiger partial charge < -0.3 is 9.52 Å². The number of fused-ring (bicyclic) bond motifs is 1. The van der Waals surface area contributed by atoms with Crippen LogP contribution in [0, 0.1) is 5.92 Å². The molecule has 1 N–H and O–H groups in total. The lowest BCUT2D eigenvalue weighted by Gasteiger charge is -2.06. The van der Waals surface area contributed by atoms with Gasteiger partial charge in [0.1, 0.15) is 5.52 Å². The smallest absolute Gasteiger partial charge is 0.181 e. The van der Waals surface area contributed by atoms with Crippen molar-refractivity contribution in [2.45, 2.75) is 13.3 Å². The molecule has 2 rings (SSSR count). The minimum atomic E-state index is 0.219. The highest BCUT2D eigenvalue weighted by molar-refractivity contribution is 5.72. The number of aromatic nitrogens is 1. The molecule has 1 atom stereocenters. The second-order valence-electron chi connectivity index (χ2n) is 3.65. The average Bonchev–Trinajstić information content (AvgIpc) is 2.64. The molecule has 14 heavy (non-hydrogen) atoms. The Morgan fingerprint density at radius 2 is 2.36 bits per heavy atom. The van der Waals surface area contributed by atoms with Crippen molar-refractivity contribution in [2.75, 3.05) is 6.61 Å². The van der Waals surface area contributed by atoms with E-state index in [1.807, 2.05) is 25.1 Å². The first-order valence-corrected chi connectivity index (χ1v) is 4.72. The number of nitrogens with zero attached hydrogens (tertiary/aromatic N) is 1. The summed E-state index contributed by atoms with van der Waals surface area (Å²) in [6, 6.07) is 5.94. The van der Waals surface area contributed by atoms with Gasteiger partial charge in [-0.1, -0.05) is 13.0 Å². The van der Waals surface area contributed by atoms with Gasteiger partial charge in [0.2, 0.25) is 0 Å². The molecule has 0 saturated heterocycles. The minimum absolute atomic E-state index is 0.219.